The molecule has 1 aliphatic rings. The molecule has 0 amide bonds. The molecule has 8 rings (SSSR count). The van der Waals surface area contributed by atoms with E-state index in [0.29, 0.717) is 0 Å². The van der Waals surface area contributed by atoms with Gasteiger partial charge in [-0.15, -0.1) is 0 Å². The van der Waals surface area contributed by atoms with Crippen LogP contribution in [0.5, 0.6) is 0 Å². The van der Waals surface area contributed by atoms with Crippen LogP contribution in [-0.4, -0.2) is 9.13 Å². The Hall–Kier alpha value is -4.82. The summed E-state index contributed by atoms with van der Waals surface area (Å²) in [5.41, 5.74) is -5.73. The minimum Gasteiger partial charge on any atom is -0.310 e. The molecular weight excluding hydrogens is 460 g/mol. The fourth-order valence-electron chi connectivity index (χ4n) is 4.55. The van der Waals surface area contributed by atoms with E-state index >= 15 is 0 Å². The summed E-state index contributed by atoms with van der Waals surface area (Å²) in [4.78, 5) is 0. The lowest BCUT2D eigenvalue weighted by molar-refractivity contribution is 0.968. The fraction of sp³-hybridized carbons (Fsp3) is 0.0556. The van der Waals surface area contributed by atoms with Crippen LogP contribution >= 0.6 is 0 Å². The number of allylic oxidation sites excluding steroid dienone is 1. The van der Waals surface area contributed by atoms with Gasteiger partial charge in [0, 0.05) is 36.0 Å². The first-order valence-electron chi connectivity index (χ1n) is 23.4. The highest BCUT2D eigenvalue weighted by molar-refractivity contribution is 6.09. The number of para-hydroxylation sites is 3. The smallest absolute Gasteiger partial charge is 0.0651 e. The van der Waals surface area contributed by atoms with E-state index in [1.807, 2.05) is 0 Å². The topological polar surface area (TPSA) is 9.86 Å². The monoisotopic (exact) mass is 510 g/mol. The Kier molecular flexibility index (Phi) is 1.83. The number of benzene rings is 5. The Balaban J connectivity index is 1.60. The standard InChI is InChI=1S/C36H26N2/c1-5-19-33-29(15-1)30-16-2-6-20-34(30)37(33)27-13-9-11-25(23-27)26-12-10-14-28(24-26)38-35-21-7-3-17-31(35)32-18-4-8-22-36(32)38/h1-3,5-17,19-24H,4,18H2/i1D,2D,3D,4D,5D,6D,7D,8D,9D,10D,11D,12D,13D,14D,15D,16D,17D,18D,19D,20D,21D,22D,23D,24D. The third-order valence-electron chi connectivity index (χ3n) is 6.12. The second-order valence-electron chi connectivity index (χ2n) is 8.15. The van der Waals surface area contributed by atoms with Crippen LogP contribution in [0.3, 0.4) is 0 Å². The molecular formula is C36H26N2. The zero-order valence-electron chi connectivity index (χ0n) is 43.0. The Morgan fingerprint density at radius 3 is 1.71 bits per heavy atom. The molecule has 38 heavy (non-hydrogen) atoms. The summed E-state index contributed by atoms with van der Waals surface area (Å²) in [6.45, 7) is 0. The van der Waals surface area contributed by atoms with E-state index in [9.17, 15) is 2.74 Å². The normalized spacial score (nSPS) is 26.2. The van der Waals surface area contributed by atoms with Crippen molar-refractivity contribution >= 4 is 38.8 Å². The molecule has 2 aromatic heterocycles. The predicted molar refractivity (Wildman–Crippen MR) is 160 cm³/mol. The lowest BCUT2D eigenvalue weighted by Gasteiger charge is -2.14. The molecule has 0 saturated carbocycles. The zero-order valence-corrected chi connectivity index (χ0v) is 19.0. The molecule has 0 saturated heterocycles. The van der Waals surface area contributed by atoms with Crippen molar-refractivity contribution < 1.29 is 32.9 Å². The van der Waals surface area contributed by atoms with Gasteiger partial charge in [0.2, 0.25) is 0 Å². The van der Waals surface area contributed by atoms with Crippen LogP contribution in [0.15, 0.2) is 127 Å². The maximum Gasteiger partial charge on any atom is 0.0651 e. The minimum absolute atomic E-state index is 0.327. The molecule has 1 aliphatic carbocycles. The number of aromatic nitrogens is 2. The van der Waals surface area contributed by atoms with Gasteiger partial charge < -0.3 is 9.13 Å². The van der Waals surface area contributed by atoms with Crippen LogP contribution < -0.4 is 0 Å². The van der Waals surface area contributed by atoms with Crippen molar-refractivity contribution in [2.45, 2.75) is 12.8 Å². The number of nitrogens with zero attached hydrogens (tertiary/aromatic N) is 2. The molecule has 2 heterocycles. The summed E-state index contributed by atoms with van der Waals surface area (Å²) >= 11 is 0. The maximum atomic E-state index is 9.58. The van der Waals surface area contributed by atoms with Gasteiger partial charge >= 0.3 is 0 Å². The van der Waals surface area contributed by atoms with Gasteiger partial charge in [0.15, 0.2) is 0 Å². The van der Waals surface area contributed by atoms with Gasteiger partial charge in [-0.1, -0.05) is 84.6 Å². The van der Waals surface area contributed by atoms with E-state index in [4.69, 9.17) is 30.2 Å². The van der Waals surface area contributed by atoms with Crippen molar-refractivity contribution in [2.75, 3.05) is 0 Å². The maximum absolute atomic E-state index is 9.58. The van der Waals surface area contributed by atoms with Gasteiger partial charge in [0.25, 0.3) is 0 Å². The Bertz CT molecular complexity index is 3230. The van der Waals surface area contributed by atoms with Crippen LogP contribution in [-0.2, 0) is 6.40 Å². The van der Waals surface area contributed by atoms with Crippen molar-refractivity contribution in [1.82, 2.24) is 9.13 Å². The molecule has 0 N–H and O–H groups in total. The molecule has 0 radical (unpaired) electrons. The average molecular weight is 511 g/mol. The second-order valence-corrected chi connectivity index (χ2v) is 8.15. The van der Waals surface area contributed by atoms with E-state index < -0.39 is 201 Å². The van der Waals surface area contributed by atoms with Gasteiger partial charge in [0.05, 0.1) is 46.7 Å². The van der Waals surface area contributed by atoms with E-state index in [1.54, 1.807) is 0 Å². The molecule has 2 nitrogen and oxygen atoms in total. The zero-order chi connectivity index (χ0) is 45.9. The number of fused-ring (bicyclic) bond motifs is 6. The molecule has 5 aromatic carbocycles. The molecule has 0 spiro atoms. The Morgan fingerprint density at radius 2 is 1.08 bits per heavy atom. The summed E-state index contributed by atoms with van der Waals surface area (Å²) in [5, 5.41) is -1.28. The third kappa shape index (κ3) is 3.13. The second kappa shape index (κ2) is 8.36. The largest absolute Gasteiger partial charge is 0.310 e. The lowest BCUT2D eigenvalue weighted by atomic mass is 10.0. The van der Waals surface area contributed by atoms with Crippen molar-refractivity contribution in [2.24, 2.45) is 0 Å². The predicted octanol–water partition coefficient (Wildman–Crippen LogP) is 9.35. The van der Waals surface area contributed by atoms with Gasteiger partial charge in [0.1, 0.15) is 0 Å². The number of hydrogen-bond acceptors (Lipinski definition) is 0. The van der Waals surface area contributed by atoms with Gasteiger partial charge in [-0.2, -0.15) is 0 Å². The van der Waals surface area contributed by atoms with Gasteiger partial charge in [-0.05, 0) is 77.8 Å². The quantitative estimate of drug-likeness (QED) is 0.224. The summed E-state index contributed by atoms with van der Waals surface area (Å²) in [6, 6.07) is -19.0. The van der Waals surface area contributed by atoms with E-state index in [2.05, 4.69) is 0 Å². The Labute approximate surface area is 255 Å². The molecule has 2 heteroatoms. The highest BCUT2D eigenvalue weighted by atomic mass is 15.0. The SMILES string of the molecule is [2H]C1=C([2H])C([2H])C([2H])c2c1n(-c1c([2H])c([2H])c([2H])c(-c3c([2H])c([2H])c([2H])c(-n4c5c([2H])c([2H])c([2H])c([2H])c5c5c([2H])c([2H])c([2H])c([2H])c54)c3[2H])c1[2H])c1c([2H])c([2H])c([2H])c([2H])c21. The minimum atomic E-state index is -1.74. The third-order valence-corrected chi connectivity index (χ3v) is 6.12. The van der Waals surface area contributed by atoms with Crippen molar-refractivity contribution in [1.29, 1.82) is 0 Å². The van der Waals surface area contributed by atoms with Gasteiger partial charge in [-0.25, -0.2) is 0 Å². The van der Waals surface area contributed by atoms with E-state index in [1.165, 1.54) is 0 Å². The number of aryl methyl sites for hydroxylation is 1. The van der Waals surface area contributed by atoms with Crippen molar-refractivity contribution in [3.8, 4) is 22.5 Å². The highest BCUT2D eigenvalue weighted by Crippen LogP contribution is 2.36. The number of rotatable bonds is 3. The summed E-state index contributed by atoms with van der Waals surface area (Å²) in [6.07, 6.45) is -3.45. The summed E-state index contributed by atoms with van der Waals surface area (Å²) in [7, 11) is 0. The van der Waals surface area contributed by atoms with E-state index in [-0.39, 0.29) is 10.9 Å². The van der Waals surface area contributed by atoms with Crippen LogP contribution in [0.2, 0.25) is 0 Å². The lowest BCUT2D eigenvalue weighted by Crippen LogP contribution is -2.00. The molecule has 180 valence electrons. The first-order chi connectivity index (χ1) is 28.9. The molecule has 0 fully saturated rings. The molecule has 2 unspecified atom stereocenters. The van der Waals surface area contributed by atoms with Crippen LogP contribution in [0, 0.1) is 0 Å². The van der Waals surface area contributed by atoms with Gasteiger partial charge in [-0.3, -0.25) is 0 Å². The van der Waals surface area contributed by atoms with Crippen LogP contribution in [0.25, 0.3) is 61.3 Å². The van der Waals surface area contributed by atoms with Crippen LogP contribution in [0.4, 0.5) is 0 Å². The summed E-state index contributed by atoms with van der Waals surface area (Å²) in [5.74, 6) is 0. The highest BCUT2D eigenvalue weighted by Gasteiger charge is 2.18. The Morgan fingerprint density at radius 1 is 0.553 bits per heavy atom. The van der Waals surface area contributed by atoms with Crippen LogP contribution in [0.1, 0.15) is 50.6 Å². The fourth-order valence-corrected chi connectivity index (χ4v) is 4.55. The van der Waals surface area contributed by atoms with Crippen molar-refractivity contribution in [3.63, 3.8) is 0 Å². The molecule has 0 bridgehead atoms. The molecule has 2 atom stereocenters. The number of hydrogen-bond donors (Lipinski definition) is 0. The average Bonchev–Trinajstić information content (AvgIpc) is 3.78. The molecule has 7 aromatic rings. The first kappa shape index (κ1) is 8.34. The molecule has 0 aliphatic heterocycles. The van der Waals surface area contributed by atoms with Crippen molar-refractivity contribution in [3.05, 3.63) is 138 Å². The first-order valence-corrected chi connectivity index (χ1v) is 11.3. The summed E-state index contributed by atoms with van der Waals surface area (Å²) < 4.78 is 213. The van der Waals surface area contributed by atoms with E-state index in [0.717, 1.165) is 9.13 Å².